The van der Waals surface area contributed by atoms with Crippen molar-refractivity contribution in [3.63, 3.8) is 0 Å². The Bertz CT molecular complexity index is 685. The van der Waals surface area contributed by atoms with E-state index in [0.29, 0.717) is 11.3 Å². The van der Waals surface area contributed by atoms with E-state index in [2.05, 4.69) is 6.58 Å². The highest BCUT2D eigenvalue weighted by Gasteiger charge is 2.29. The molecule has 1 aliphatic heterocycles. The van der Waals surface area contributed by atoms with Crippen LogP contribution in [0.3, 0.4) is 0 Å². The van der Waals surface area contributed by atoms with Crippen LogP contribution in [0.5, 0.6) is 11.5 Å². The Morgan fingerprint density at radius 3 is 2.78 bits per heavy atom. The van der Waals surface area contributed by atoms with Gasteiger partial charge in [0.25, 0.3) is 0 Å². The molecule has 0 bridgehead atoms. The molecule has 0 saturated carbocycles. The van der Waals surface area contributed by atoms with E-state index in [9.17, 15) is 9.90 Å². The summed E-state index contributed by atoms with van der Waals surface area (Å²) in [5.41, 5.74) is 1.35. The van der Waals surface area contributed by atoms with Crippen molar-refractivity contribution in [3.8, 4) is 11.5 Å². The zero-order valence-electron chi connectivity index (χ0n) is 9.93. The molecule has 90 valence electrons. The molecular formula is C15H12O3. The van der Waals surface area contributed by atoms with Crippen LogP contribution in [0.15, 0.2) is 42.5 Å². The van der Waals surface area contributed by atoms with Crippen LogP contribution in [0.4, 0.5) is 0 Å². The number of esters is 1. The number of rotatable bonds is 0. The average Bonchev–Trinajstić information content (AvgIpc) is 2.35. The van der Waals surface area contributed by atoms with Gasteiger partial charge < -0.3 is 9.84 Å². The molecule has 1 unspecified atom stereocenters. The minimum Gasteiger partial charge on any atom is -0.508 e. The predicted octanol–water partition coefficient (Wildman–Crippen LogP) is 3.12. The summed E-state index contributed by atoms with van der Waals surface area (Å²) >= 11 is 0. The van der Waals surface area contributed by atoms with E-state index in [1.54, 1.807) is 18.2 Å². The van der Waals surface area contributed by atoms with Crippen molar-refractivity contribution in [1.29, 1.82) is 0 Å². The Kier molecular flexibility index (Phi) is 2.17. The number of hydrogen-bond acceptors (Lipinski definition) is 3. The van der Waals surface area contributed by atoms with Crippen LogP contribution in [0.25, 0.3) is 10.8 Å². The van der Waals surface area contributed by atoms with Gasteiger partial charge in [-0.15, -0.1) is 0 Å². The number of phenols is 1. The molecule has 1 atom stereocenters. The number of hydrogen-bond donors (Lipinski definition) is 1. The molecule has 3 rings (SSSR count). The van der Waals surface area contributed by atoms with E-state index in [1.807, 2.05) is 19.1 Å². The van der Waals surface area contributed by atoms with Gasteiger partial charge in [-0.25, -0.2) is 4.79 Å². The Balaban J connectivity index is 2.37. The van der Waals surface area contributed by atoms with Crippen LogP contribution in [0.1, 0.15) is 18.4 Å². The molecule has 1 N–H and O–H groups in total. The maximum absolute atomic E-state index is 11.6. The Hall–Kier alpha value is -2.29. The lowest BCUT2D eigenvalue weighted by Gasteiger charge is -2.25. The van der Waals surface area contributed by atoms with Gasteiger partial charge >= 0.3 is 5.97 Å². The number of benzene rings is 2. The molecule has 3 heteroatoms. The second kappa shape index (κ2) is 3.60. The summed E-state index contributed by atoms with van der Waals surface area (Å²) < 4.78 is 5.24. The smallest absolute Gasteiger partial charge is 0.339 e. The molecule has 1 aliphatic rings. The lowest BCUT2D eigenvalue weighted by Crippen LogP contribution is -2.21. The summed E-state index contributed by atoms with van der Waals surface area (Å²) in [5, 5.41) is 11.5. The molecule has 0 aromatic heterocycles. The van der Waals surface area contributed by atoms with Crippen LogP contribution in [0, 0.1) is 0 Å². The van der Waals surface area contributed by atoms with E-state index >= 15 is 0 Å². The van der Waals surface area contributed by atoms with Crippen molar-refractivity contribution in [1.82, 2.24) is 0 Å². The lowest BCUT2D eigenvalue weighted by molar-refractivity contribution is -0.131. The number of phenolic OH excluding ortho intramolecular Hbond substituents is 1. The average molecular weight is 240 g/mol. The van der Waals surface area contributed by atoms with E-state index < -0.39 is 0 Å². The summed E-state index contributed by atoms with van der Waals surface area (Å²) in [6.07, 6.45) is 0. The highest BCUT2D eigenvalue weighted by Crippen LogP contribution is 2.41. The van der Waals surface area contributed by atoms with Gasteiger partial charge in [-0.2, -0.15) is 0 Å². The van der Waals surface area contributed by atoms with Crippen molar-refractivity contribution in [2.75, 3.05) is 0 Å². The molecule has 0 aliphatic carbocycles. The molecule has 2 aromatic rings. The number of ether oxygens (including phenoxy) is 1. The summed E-state index contributed by atoms with van der Waals surface area (Å²) in [4.78, 5) is 11.6. The van der Waals surface area contributed by atoms with Crippen molar-refractivity contribution >= 4 is 16.7 Å². The van der Waals surface area contributed by atoms with E-state index in [0.717, 1.165) is 16.3 Å². The zero-order valence-corrected chi connectivity index (χ0v) is 9.93. The first-order valence-corrected chi connectivity index (χ1v) is 5.74. The third-order valence-corrected chi connectivity index (χ3v) is 3.43. The molecule has 1 heterocycles. The van der Waals surface area contributed by atoms with Crippen LogP contribution >= 0.6 is 0 Å². The molecule has 0 amide bonds. The number of carbonyl (C=O) groups is 1. The van der Waals surface area contributed by atoms with Crippen molar-refractivity contribution in [2.45, 2.75) is 12.8 Å². The number of carbonyl (C=O) groups excluding carboxylic acids is 1. The van der Waals surface area contributed by atoms with E-state index in [1.165, 1.54) is 0 Å². The Morgan fingerprint density at radius 1 is 1.28 bits per heavy atom. The molecule has 0 spiro atoms. The lowest BCUT2D eigenvalue weighted by atomic mass is 9.87. The van der Waals surface area contributed by atoms with Crippen molar-refractivity contribution < 1.29 is 14.6 Å². The van der Waals surface area contributed by atoms with Gasteiger partial charge in [0.15, 0.2) is 0 Å². The minimum absolute atomic E-state index is 0.105. The highest BCUT2D eigenvalue weighted by molar-refractivity contribution is 5.98. The first-order valence-electron chi connectivity index (χ1n) is 5.74. The van der Waals surface area contributed by atoms with Gasteiger partial charge in [-0.1, -0.05) is 25.6 Å². The standard InChI is InChI=1S/C15H12O3/c1-8-9(2)15(17)18-13-6-4-10-3-5-11(16)7-12(10)14(8)13/h3-8,16H,2H2,1H3. The summed E-state index contributed by atoms with van der Waals surface area (Å²) in [7, 11) is 0. The highest BCUT2D eigenvalue weighted by atomic mass is 16.5. The maximum Gasteiger partial charge on any atom is 0.339 e. The predicted molar refractivity (Wildman–Crippen MR) is 68.8 cm³/mol. The Labute approximate surface area is 104 Å². The topological polar surface area (TPSA) is 46.5 Å². The minimum atomic E-state index is -0.380. The van der Waals surface area contributed by atoms with Crippen molar-refractivity contribution in [2.24, 2.45) is 0 Å². The normalized spacial score (nSPS) is 18.6. The monoisotopic (exact) mass is 240 g/mol. The summed E-state index contributed by atoms with van der Waals surface area (Å²) in [6, 6.07) is 8.84. The fourth-order valence-electron chi connectivity index (χ4n) is 2.36. The number of fused-ring (bicyclic) bond motifs is 3. The van der Waals surface area contributed by atoms with Crippen LogP contribution in [-0.4, -0.2) is 11.1 Å². The van der Waals surface area contributed by atoms with Crippen LogP contribution < -0.4 is 4.74 Å². The molecule has 0 radical (unpaired) electrons. The molecule has 0 fully saturated rings. The van der Waals surface area contributed by atoms with Gasteiger partial charge in [-0.3, -0.25) is 0 Å². The fraction of sp³-hybridized carbons (Fsp3) is 0.133. The van der Waals surface area contributed by atoms with Crippen LogP contribution in [-0.2, 0) is 4.79 Å². The molecule has 18 heavy (non-hydrogen) atoms. The fourth-order valence-corrected chi connectivity index (χ4v) is 2.36. The van der Waals surface area contributed by atoms with Gasteiger partial charge in [0.05, 0.1) is 0 Å². The van der Waals surface area contributed by atoms with Gasteiger partial charge in [0, 0.05) is 17.1 Å². The first kappa shape index (κ1) is 10.8. The molecule has 0 saturated heterocycles. The molecule has 3 nitrogen and oxygen atoms in total. The molecule has 2 aromatic carbocycles. The summed E-state index contributed by atoms with van der Waals surface area (Å²) in [5.74, 6) is 0.268. The third kappa shape index (κ3) is 1.40. The largest absolute Gasteiger partial charge is 0.508 e. The van der Waals surface area contributed by atoms with Gasteiger partial charge in [0.1, 0.15) is 11.5 Å². The van der Waals surface area contributed by atoms with E-state index in [4.69, 9.17) is 4.74 Å². The van der Waals surface area contributed by atoms with Crippen molar-refractivity contribution in [3.05, 3.63) is 48.0 Å². The molecular weight excluding hydrogens is 228 g/mol. The van der Waals surface area contributed by atoms with E-state index in [-0.39, 0.29) is 17.6 Å². The van der Waals surface area contributed by atoms with Gasteiger partial charge in [0.2, 0.25) is 0 Å². The summed E-state index contributed by atoms with van der Waals surface area (Å²) in [6.45, 7) is 5.69. The zero-order chi connectivity index (χ0) is 12.9. The third-order valence-electron chi connectivity index (χ3n) is 3.43. The maximum atomic E-state index is 11.6. The Morgan fingerprint density at radius 2 is 2.00 bits per heavy atom. The van der Waals surface area contributed by atoms with Gasteiger partial charge in [-0.05, 0) is 29.0 Å². The first-order chi connectivity index (χ1) is 8.58. The second-order valence-corrected chi connectivity index (χ2v) is 4.52. The number of aromatic hydroxyl groups is 1. The SMILES string of the molecule is C=C1C(=O)Oc2ccc3ccc(O)cc3c2C1C. The van der Waals surface area contributed by atoms with Crippen LogP contribution in [0.2, 0.25) is 0 Å². The second-order valence-electron chi connectivity index (χ2n) is 4.52. The quantitative estimate of drug-likeness (QED) is 0.437.